The Morgan fingerprint density at radius 1 is 1.09 bits per heavy atom. The molecule has 0 fully saturated rings. The fraction of sp³-hybridized carbons (Fsp3) is 0.579. The Morgan fingerprint density at radius 2 is 1.64 bits per heavy atom. The normalized spacial score (nSPS) is 12.3. The van der Waals surface area contributed by atoms with E-state index in [1.54, 1.807) is 0 Å². The van der Waals surface area contributed by atoms with Crippen LogP contribution >= 0.6 is 11.8 Å². The Bertz CT molecular complexity index is 576. The van der Waals surface area contributed by atoms with Gasteiger partial charge in [0.15, 0.2) is 0 Å². The standard InChI is InChI=1S/C19H32OSSi/c1-13(2)12-21-17-11-14(3)18(16(5)15(17)4)20-22(9,10)19(6,7)8/h11-12H,1-10H3. The van der Waals surface area contributed by atoms with Crippen LogP contribution in [-0.4, -0.2) is 8.32 Å². The second-order valence-corrected chi connectivity index (χ2v) is 13.6. The molecule has 0 saturated heterocycles. The summed E-state index contributed by atoms with van der Waals surface area (Å²) in [4.78, 5) is 1.33. The number of hydrogen-bond donors (Lipinski definition) is 0. The second-order valence-electron chi connectivity index (χ2n) is 7.95. The van der Waals surface area contributed by atoms with E-state index >= 15 is 0 Å². The first-order valence-corrected chi connectivity index (χ1v) is 11.8. The van der Waals surface area contributed by atoms with E-state index in [0.717, 1.165) is 5.75 Å². The van der Waals surface area contributed by atoms with Crippen molar-refractivity contribution < 1.29 is 4.43 Å². The van der Waals surface area contributed by atoms with Crippen LogP contribution in [0.5, 0.6) is 5.75 Å². The van der Waals surface area contributed by atoms with Gasteiger partial charge >= 0.3 is 0 Å². The first-order valence-electron chi connectivity index (χ1n) is 7.96. The lowest BCUT2D eigenvalue weighted by molar-refractivity contribution is 0.485. The van der Waals surface area contributed by atoms with Crippen molar-refractivity contribution in [1.29, 1.82) is 0 Å². The topological polar surface area (TPSA) is 9.23 Å². The predicted octanol–water partition coefficient (Wildman–Crippen LogP) is 7.01. The molecule has 0 spiro atoms. The number of allylic oxidation sites excluding steroid dienone is 1. The predicted molar refractivity (Wildman–Crippen MR) is 104 cm³/mol. The summed E-state index contributed by atoms with van der Waals surface area (Å²) in [5.74, 6) is 1.10. The third-order valence-electron chi connectivity index (χ3n) is 4.56. The highest BCUT2D eigenvalue weighted by atomic mass is 32.2. The average Bonchev–Trinajstić information content (AvgIpc) is 2.35. The van der Waals surface area contributed by atoms with Crippen molar-refractivity contribution >= 4 is 20.1 Å². The zero-order chi connectivity index (χ0) is 17.3. The minimum atomic E-state index is -1.80. The quantitative estimate of drug-likeness (QED) is 0.432. The minimum absolute atomic E-state index is 0.218. The summed E-state index contributed by atoms with van der Waals surface area (Å²) >= 11 is 1.81. The molecule has 1 rings (SSSR count). The lowest BCUT2D eigenvalue weighted by atomic mass is 10.1. The van der Waals surface area contributed by atoms with Crippen molar-refractivity contribution in [1.82, 2.24) is 0 Å². The molecule has 0 bridgehead atoms. The molecule has 0 radical (unpaired) electrons. The average molecular weight is 337 g/mol. The first kappa shape index (κ1) is 19.4. The maximum absolute atomic E-state index is 6.60. The summed E-state index contributed by atoms with van der Waals surface area (Å²) in [5.41, 5.74) is 5.20. The summed E-state index contributed by atoms with van der Waals surface area (Å²) < 4.78 is 6.60. The lowest BCUT2D eigenvalue weighted by Gasteiger charge is -2.37. The molecule has 0 unspecified atom stereocenters. The van der Waals surface area contributed by atoms with Gasteiger partial charge in [-0.1, -0.05) is 38.1 Å². The highest BCUT2D eigenvalue weighted by Gasteiger charge is 2.39. The van der Waals surface area contributed by atoms with Gasteiger partial charge in [0.05, 0.1) is 0 Å². The first-order chi connectivity index (χ1) is 9.86. The largest absolute Gasteiger partial charge is 0.543 e. The van der Waals surface area contributed by atoms with Crippen molar-refractivity contribution in [3.63, 3.8) is 0 Å². The molecule has 0 aliphatic heterocycles. The molecule has 0 aliphatic rings. The third-order valence-corrected chi connectivity index (χ3v) is 10.2. The molecule has 1 nitrogen and oxygen atoms in total. The monoisotopic (exact) mass is 336 g/mol. The van der Waals surface area contributed by atoms with Crippen LogP contribution < -0.4 is 4.43 Å². The molecule has 0 amide bonds. The van der Waals surface area contributed by atoms with Crippen LogP contribution in [0.2, 0.25) is 18.1 Å². The van der Waals surface area contributed by atoms with Gasteiger partial charge in [-0.15, -0.1) is 0 Å². The van der Waals surface area contributed by atoms with E-state index in [9.17, 15) is 0 Å². The van der Waals surface area contributed by atoms with E-state index < -0.39 is 8.32 Å². The van der Waals surface area contributed by atoms with E-state index in [2.05, 4.69) is 80.0 Å². The van der Waals surface area contributed by atoms with E-state index in [1.165, 1.54) is 27.2 Å². The van der Waals surface area contributed by atoms with Gasteiger partial charge in [0.25, 0.3) is 8.32 Å². The molecule has 1 aromatic rings. The van der Waals surface area contributed by atoms with Crippen LogP contribution in [0.4, 0.5) is 0 Å². The fourth-order valence-electron chi connectivity index (χ4n) is 1.89. The van der Waals surface area contributed by atoms with Crippen LogP contribution in [-0.2, 0) is 0 Å². The number of aryl methyl sites for hydroxylation is 1. The molecule has 0 N–H and O–H groups in total. The summed E-state index contributed by atoms with van der Waals surface area (Å²) in [6.45, 7) is 22.3. The van der Waals surface area contributed by atoms with Crippen molar-refractivity contribution in [2.45, 2.75) is 78.4 Å². The molecule has 124 valence electrons. The third kappa shape index (κ3) is 4.42. The van der Waals surface area contributed by atoms with Crippen LogP contribution in [0.1, 0.15) is 51.3 Å². The molecular formula is C19H32OSSi. The van der Waals surface area contributed by atoms with Crippen molar-refractivity contribution in [3.8, 4) is 5.75 Å². The SMILES string of the molecule is CC(C)=CSc1cc(C)c(O[Si](C)(C)C(C)(C)C)c(C)c1C. The maximum atomic E-state index is 6.60. The highest BCUT2D eigenvalue weighted by molar-refractivity contribution is 8.02. The van der Waals surface area contributed by atoms with Crippen molar-refractivity contribution in [3.05, 3.63) is 33.7 Å². The zero-order valence-electron chi connectivity index (χ0n) is 16.0. The molecule has 1 aromatic carbocycles. The van der Waals surface area contributed by atoms with Crippen LogP contribution in [0.3, 0.4) is 0 Å². The van der Waals surface area contributed by atoms with Crippen LogP contribution in [0.25, 0.3) is 0 Å². The van der Waals surface area contributed by atoms with E-state index in [1.807, 2.05) is 11.8 Å². The molecule has 22 heavy (non-hydrogen) atoms. The van der Waals surface area contributed by atoms with Gasteiger partial charge in [0.2, 0.25) is 0 Å². The maximum Gasteiger partial charge on any atom is 0.250 e. The van der Waals surface area contributed by atoms with E-state index in [4.69, 9.17) is 4.43 Å². The Hall–Kier alpha value is -0.673. The van der Waals surface area contributed by atoms with Crippen LogP contribution in [0.15, 0.2) is 21.9 Å². The van der Waals surface area contributed by atoms with Gasteiger partial charge in [0, 0.05) is 4.90 Å². The number of hydrogen-bond acceptors (Lipinski definition) is 2. The Balaban J connectivity index is 3.25. The van der Waals surface area contributed by atoms with Gasteiger partial charge < -0.3 is 4.43 Å². The minimum Gasteiger partial charge on any atom is -0.543 e. The Morgan fingerprint density at radius 3 is 2.09 bits per heavy atom. The van der Waals surface area contributed by atoms with E-state index in [0.29, 0.717) is 0 Å². The van der Waals surface area contributed by atoms with Gasteiger partial charge in [-0.05, 0) is 80.9 Å². The van der Waals surface area contributed by atoms with Crippen molar-refractivity contribution in [2.75, 3.05) is 0 Å². The molecule has 0 atom stereocenters. The zero-order valence-corrected chi connectivity index (χ0v) is 17.8. The fourth-order valence-corrected chi connectivity index (χ4v) is 3.96. The van der Waals surface area contributed by atoms with Crippen molar-refractivity contribution in [2.24, 2.45) is 0 Å². The summed E-state index contributed by atoms with van der Waals surface area (Å²) in [5, 5.41) is 2.44. The van der Waals surface area contributed by atoms with Gasteiger partial charge in [-0.2, -0.15) is 0 Å². The number of thioether (sulfide) groups is 1. The molecule has 3 heteroatoms. The van der Waals surface area contributed by atoms with Gasteiger partial charge in [-0.3, -0.25) is 0 Å². The van der Waals surface area contributed by atoms with Crippen LogP contribution in [0, 0.1) is 20.8 Å². The molecule has 0 aromatic heterocycles. The highest BCUT2D eigenvalue weighted by Crippen LogP contribution is 2.41. The smallest absolute Gasteiger partial charge is 0.250 e. The molecule has 0 saturated carbocycles. The second kappa shape index (κ2) is 6.84. The molecule has 0 heterocycles. The van der Waals surface area contributed by atoms with E-state index in [-0.39, 0.29) is 5.04 Å². The van der Waals surface area contributed by atoms with Gasteiger partial charge in [-0.25, -0.2) is 0 Å². The lowest BCUT2D eigenvalue weighted by Crippen LogP contribution is -2.44. The molecule has 0 aliphatic carbocycles. The molecular weight excluding hydrogens is 304 g/mol. The summed E-state index contributed by atoms with van der Waals surface area (Å²) in [6, 6.07) is 2.27. The summed E-state index contributed by atoms with van der Waals surface area (Å²) in [7, 11) is -1.80. The summed E-state index contributed by atoms with van der Waals surface area (Å²) in [6.07, 6.45) is 0. The Kier molecular flexibility index (Phi) is 6.02. The number of rotatable bonds is 4. The number of benzene rings is 1. The van der Waals surface area contributed by atoms with Gasteiger partial charge in [0.1, 0.15) is 5.75 Å². The Labute approximate surface area is 142 Å².